The van der Waals surface area contributed by atoms with Gasteiger partial charge >= 0.3 is 0 Å². The van der Waals surface area contributed by atoms with Gasteiger partial charge in [0.1, 0.15) is 0 Å². The number of rotatable bonds is 2. The Morgan fingerprint density at radius 1 is 1.29 bits per heavy atom. The van der Waals surface area contributed by atoms with Crippen molar-refractivity contribution in [2.45, 2.75) is 25.3 Å². The Morgan fingerprint density at radius 3 is 2.50 bits per heavy atom. The molecule has 0 saturated carbocycles. The summed E-state index contributed by atoms with van der Waals surface area (Å²) in [7, 11) is 0. The molecule has 0 bridgehead atoms. The summed E-state index contributed by atoms with van der Waals surface area (Å²) in [5.41, 5.74) is 8.79. The van der Waals surface area contributed by atoms with Crippen LogP contribution in [0.4, 0.5) is 0 Å². The first kappa shape index (κ1) is 9.69. The maximum absolute atomic E-state index is 6.02. The summed E-state index contributed by atoms with van der Waals surface area (Å²) in [6.45, 7) is 4.14. The van der Waals surface area contributed by atoms with Crippen molar-refractivity contribution in [3.05, 3.63) is 35.4 Å². The lowest BCUT2D eigenvalue weighted by molar-refractivity contribution is 0.653. The van der Waals surface area contributed by atoms with Gasteiger partial charge in [0.15, 0.2) is 0 Å². The van der Waals surface area contributed by atoms with Crippen molar-refractivity contribution in [2.75, 3.05) is 13.1 Å². The molecular weight excluding hydrogens is 172 g/mol. The van der Waals surface area contributed by atoms with E-state index in [0.29, 0.717) is 5.92 Å². The number of nitrogens with one attached hydrogen (secondary N) is 1. The first-order valence-corrected chi connectivity index (χ1v) is 5.36. The fourth-order valence-corrected chi connectivity index (χ4v) is 2.06. The van der Waals surface area contributed by atoms with E-state index in [1.165, 1.54) is 11.1 Å². The van der Waals surface area contributed by atoms with Crippen LogP contribution in [0.25, 0.3) is 0 Å². The predicted molar refractivity (Wildman–Crippen MR) is 59.4 cm³/mol. The molecule has 76 valence electrons. The molecule has 0 aliphatic carbocycles. The first-order valence-electron chi connectivity index (χ1n) is 5.36. The van der Waals surface area contributed by atoms with Crippen LogP contribution >= 0.6 is 0 Å². The highest BCUT2D eigenvalue weighted by atomic mass is 15.0. The molecule has 1 aliphatic heterocycles. The molecule has 0 amide bonds. The van der Waals surface area contributed by atoms with Gasteiger partial charge in [-0.25, -0.2) is 0 Å². The van der Waals surface area contributed by atoms with E-state index < -0.39 is 0 Å². The number of hydrogen-bond donors (Lipinski definition) is 2. The Bertz CT molecular complexity index is 292. The molecular formula is C12H18N2. The van der Waals surface area contributed by atoms with E-state index in [0.717, 1.165) is 19.5 Å². The minimum atomic E-state index is 0.280. The van der Waals surface area contributed by atoms with Gasteiger partial charge in [-0.1, -0.05) is 31.2 Å². The molecule has 1 saturated heterocycles. The van der Waals surface area contributed by atoms with Gasteiger partial charge in [0.2, 0.25) is 0 Å². The van der Waals surface area contributed by atoms with Crippen LogP contribution in [0.1, 0.15) is 24.0 Å². The van der Waals surface area contributed by atoms with E-state index >= 15 is 0 Å². The van der Waals surface area contributed by atoms with Gasteiger partial charge in [0, 0.05) is 25.0 Å². The van der Waals surface area contributed by atoms with Gasteiger partial charge in [-0.05, 0) is 17.5 Å². The Kier molecular flexibility index (Phi) is 2.85. The second-order valence-corrected chi connectivity index (χ2v) is 4.02. The maximum atomic E-state index is 6.02. The van der Waals surface area contributed by atoms with Crippen molar-refractivity contribution >= 4 is 0 Å². The summed E-state index contributed by atoms with van der Waals surface area (Å²) < 4.78 is 0. The van der Waals surface area contributed by atoms with Crippen LogP contribution in [0.3, 0.4) is 0 Å². The largest absolute Gasteiger partial charge is 0.326 e. The van der Waals surface area contributed by atoms with Crippen molar-refractivity contribution in [3.63, 3.8) is 0 Å². The van der Waals surface area contributed by atoms with E-state index in [1.807, 2.05) is 0 Å². The molecule has 1 heterocycles. The number of nitrogens with two attached hydrogens (primary N) is 1. The second kappa shape index (κ2) is 4.11. The van der Waals surface area contributed by atoms with Crippen LogP contribution in [-0.2, 0) is 6.42 Å². The van der Waals surface area contributed by atoms with Gasteiger partial charge in [0.25, 0.3) is 0 Å². The van der Waals surface area contributed by atoms with Crippen LogP contribution in [0.2, 0.25) is 0 Å². The molecule has 1 aromatic rings. The SMILES string of the molecule is CCc1ccc([C@H]2CNC[C@@H]2N)cc1. The standard InChI is InChI=1S/C12H18N2/c1-2-9-3-5-10(6-4-9)11-7-14-8-12(11)13/h3-6,11-12,14H,2,7-8,13H2,1H3/t11-,12+/m1/s1. The third kappa shape index (κ3) is 1.81. The fourth-order valence-electron chi connectivity index (χ4n) is 2.06. The zero-order chi connectivity index (χ0) is 9.97. The van der Waals surface area contributed by atoms with Crippen molar-refractivity contribution in [2.24, 2.45) is 5.73 Å². The lowest BCUT2D eigenvalue weighted by Crippen LogP contribution is -2.27. The highest BCUT2D eigenvalue weighted by molar-refractivity contribution is 5.27. The molecule has 0 aromatic heterocycles. The van der Waals surface area contributed by atoms with Crippen molar-refractivity contribution in [1.82, 2.24) is 5.32 Å². The minimum absolute atomic E-state index is 0.280. The molecule has 0 radical (unpaired) electrons. The third-order valence-electron chi connectivity index (χ3n) is 3.08. The molecule has 14 heavy (non-hydrogen) atoms. The lowest BCUT2D eigenvalue weighted by atomic mass is 9.94. The molecule has 0 spiro atoms. The maximum Gasteiger partial charge on any atom is 0.0247 e. The number of hydrogen-bond acceptors (Lipinski definition) is 2. The highest BCUT2D eigenvalue weighted by Crippen LogP contribution is 2.21. The topological polar surface area (TPSA) is 38.0 Å². The molecule has 3 N–H and O–H groups in total. The summed E-state index contributed by atoms with van der Waals surface area (Å²) in [5.74, 6) is 0.501. The average molecular weight is 190 g/mol. The molecule has 1 aromatic carbocycles. The fraction of sp³-hybridized carbons (Fsp3) is 0.500. The van der Waals surface area contributed by atoms with E-state index in [4.69, 9.17) is 5.73 Å². The van der Waals surface area contributed by atoms with Gasteiger partial charge in [-0.3, -0.25) is 0 Å². The Hall–Kier alpha value is -0.860. The summed E-state index contributed by atoms with van der Waals surface area (Å²) in [6, 6.07) is 9.13. The van der Waals surface area contributed by atoms with Crippen molar-refractivity contribution in [1.29, 1.82) is 0 Å². The molecule has 2 nitrogen and oxygen atoms in total. The monoisotopic (exact) mass is 190 g/mol. The zero-order valence-corrected chi connectivity index (χ0v) is 8.66. The van der Waals surface area contributed by atoms with Gasteiger partial charge in [0.05, 0.1) is 0 Å². The Balaban J connectivity index is 2.16. The zero-order valence-electron chi connectivity index (χ0n) is 8.66. The summed E-state index contributed by atoms with van der Waals surface area (Å²) >= 11 is 0. The van der Waals surface area contributed by atoms with Crippen molar-refractivity contribution < 1.29 is 0 Å². The Morgan fingerprint density at radius 2 is 2.00 bits per heavy atom. The molecule has 2 atom stereocenters. The smallest absolute Gasteiger partial charge is 0.0247 e. The third-order valence-corrected chi connectivity index (χ3v) is 3.08. The van der Waals surface area contributed by atoms with Crippen molar-refractivity contribution in [3.8, 4) is 0 Å². The quantitative estimate of drug-likeness (QED) is 0.737. The second-order valence-electron chi connectivity index (χ2n) is 4.02. The molecule has 1 aliphatic rings. The summed E-state index contributed by atoms with van der Waals surface area (Å²) in [4.78, 5) is 0. The molecule has 1 fully saturated rings. The first-order chi connectivity index (χ1) is 6.81. The van der Waals surface area contributed by atoms with E-state index in [1.54, 1.807) is 0 Å². The summed E-state index contributed by atoms with van der Waals surface area (Å²) in [5, 5.41) is 3.32. The van der Waals surface area contributed by atoms with Gasteiger partial charge < -0.3 is 11.1 Å². The molecule has 0 unspecified atom stereocenters. The van der Waals surface area contributed by atoms with E-state index in [9.17, 15) is 0 Å². The van der Waals surface area contributed by atoms with Crippen LogP contribution in [0.15, 0.2) is 24.3 Å². The van der Waals surface area contributed by atoms with E-state index in [-0.39, 0.29) is 6.04 Å². The van der Waals surface area contributed by atoms with E-state index in [2.05, 4.69) is 36.5 Å². The van der Waals surface area contributed by atoms with Crippen LogP contribution in [0.5, 0.6) is 0 Å². The van der Waals surface area contributed by atoms with Crippen LogP contribution < -0.4 is 11.1 Å². The molecule has 2 rings (SSSR count). The summed E-state index contributed by atoms with van der Waals surface area (Å²) in [6.07, 6.45) is 1.11. The minimum Gasteiger partial charge on any atom is -0.326 e. The van der Waals surface area contributed by atoms with Gasteiger partial charge in [-0.15, -0.1) is 0 Å². The lowest BCUT2D eigenvalue weighted by Gasteiger charge is -2.14. The predicted octanol–water partition coefficient (Wildman–Crippen LogP) is 1.26. The average Bonchev–Trinajstić information content (AvgIpc) is 2.65. The van der Waals surface area contributed by atoms with Crippen LogP contribution in [-0.4, -0.2) is 19.1 Å². The molecule has 2 heteroatoms. The number of aryl methyl sites for hydroxylation is 1. The highest BCUT2D eigenvalue weighted by Gasteiger charge is 2.24. The number of benzene rings is 1. The Labute approximate surface area is 85.5 Å². The van der Waals surface area contributed by atoms with Gasteiger partial charge in [-0.2, -0.15) is 0 Å². The van der Waals surface area contributed by atoms with Crippen LogP contribution in [0, 0.1) is 0 Å². The normalized spacial score (nSPS) is 26.7.